The summed E-state index contributed by atoms with van der Waals surface area (Å²) in [7, 11) is 0. The minimum Gasteiger partial charge on any atom is -0.468 e. The summed E-state index contributed by atoms with van der Waals surface area (Å²) < 4.78 is 12.1. The summed E-state index contributed by atoms with van der Waals surface area (Å²) >= 11 is 0. The Kier molecular flexibility index (Phi) is 7.17. The summed E-state index contributed by atoms with van der Waals surface area (Å²) in [6.45, 7) is 6.72. The lowest BCUT2D eigenvalue weighted by atomic mass is 10.1. The van der Waals surface area contributed by atoms with Crippen LogP contribution in [0.1, 0.15) is 49.0 Å². The van der Waals surface area contributed by atoms with Gasteiger partial charge in [0.25, 0.3) is 5.56 Å². The number of pyridine rings is 1. The van der Waals surface area contributed by atoms with Crippen LogP contribution in [0.3, 0.4) is 0 Å². The van der Waals surface area contributed by atoms with E-state index in [2.05, 4.69) is 25.4 Å². The zero-order valence-electron chi connectivity index (χ0n) is 19.5. The fourth-order valence-corrected chi connectivity index (χ4v) is 4.07. The number of furan rings is 1. The maximum absolute atomic E-state index is 13.0. The van der Waals surface area contributed by atoms with Crippen LogP contribution < -0.4 is 5.56 Å². The number of H-pyrrole nitrogens is 1. The average Bonchev–Trinajstić information content (AvgIpc) is 3.47. The molecule has 34 heavy (non-hydrogen) atoms. The van der Waals surface area contributed by atoms with Crippen molar-refractivity contribution in [3.63, 3.8) is 0 Å². The third kappa shape index (κ3) is 5.23. The first-order valence-electron chi connectivity index (χ1n) is 11.3. The van der Waals surface area contributed by atoms with Gasteiger partial charge >= 0.3 is 5.97 Å². The topological polar surface area (TPSA) is 119 Å². The molecule has 0 fully saturated rings. The smallest absolute Gasteiger partial charge is 0.327 e. The van der Waals surface area contributed by atoms with Crippen molar-refractivity contribution in [1.82, 2.24) is 30.1 Å². The quantitative estimate of drug-likeness (QED) is 0.356. The number of hydrogen-bond acceptors (Lipinski definition) is 8. The van der Waals surface area contributed by atoms with Gasteiger partial charge in [-0.2, -0.15) is 0 Å². The number of benzene rings is 1. The molecule has 4 rings (SSSR count). The van der Waals surface area contributed by atoms with Crippen LogP contribution in [0.4, 0.5) is 0 Å². The molecule has 10 heteroatoms. The molecule has 1 aromatic carbocycles. The number of esters is 1. The third-order valence-corrected chi connectivity index (χ3v) is 5.66. The van der Waals surface area contributed by atoms with Gasteiger partial charge in [0.2, 0.25) is 0 Å². The zero-order valence-corrected chi connectivity index (χ0v) is 19.5. The Morgan fingerprint density at radius 1 is 1.24 bits per heavy atom. The van der Waals surface area contributed by atoms with E-state index in [0.29, 0.717) is 30.9 Å². The molecule has 3 aromatic heterocycles. The number of nitrogens with zero attached hydrogens (tertiary/aromatic N) is 5. The minimum atomic E-state index is -0.412. The first-order chi connectivity index (χ1) is 16.5. The highest BCUT2D eigenvalue weighted by molar-refractivity contribution is 5.79. The Hall–Kier alpha value is -3.79. The normalized spacial score (nSPS) is 12.4. The summed E-state index contributed by atoms with van der Waals surface area (Å²) in [6.07, 6.45) is 2.26. The van der Waals surface area contributed by atoms with Crippen LogP contribution in [-0.4, -0.2) is 42.7 Å². The number of tetrazole rings is 1. The largest absolute Gasteiger partial charge is 0.468 e. The number of fused-ring (bicyclic) bond motifs is 1. The summed E-state index contributed by atoms with van der Waals surface area (Å²) in [5.74, 6) is 0.857. The van der Waals surface area contributed by atoms with Crippen LogP contribution in [0, 0.1) is 6.92 Å². The molecule has 1 N–H and O–H groups in total. The van der Waals surface area contributed by atoms with E-state index in [9.17, 15) is 9.59 Å². The van der Waals surface area contributed by atoms with Crippen LogP contribution >= 0.6 is 0 Å². The van der Waals surface area contributed by atoms with Gasteiger partial charge in [0.05, 0.1) is 25.5 Å². The number of aryl methyl sites for hydroxylation is 1. The Balaban J connectivity index is 1.69. The number of rotatable bonds is 10. The summed E-state index contributed by atoms with van der Waals surface area (Å²) in [5, 5.41) is 13.0. The number of aromatic nitrogens is 5. The molecule has 0 aliphatic carbocycles. The molecule has 0 aliphatic heterocycles. The number of aromatic amines is 1. The summed E-state index contributed by atoms with van der Waals surface area (Å²) in [5.41, 5.74) is 2.35. The molecule has 3 heterocycles. The number of carbonyl (C=O) groups is 1. The van der Waals surface area contributed by atoms with Gasteiger partial charge < -0.3 is 14.1 Å². The van der Waals surface area contributed by atoms with Gasteiger partial charge in [-0.05, 0) is 65.9 Å². The monoisotopic (exact) mass is 464 g/mol. The number of nitrogens with one attached hydrogen (secondary N) is 1. The van der Waals surface area contributed by atoms with Gasteiger partial charge in [-0.25, -0.2) is 4.68 Å². The number of ether oxygens (including phenoxy) is 1. The van der Waals surface area contributed by atoms with E-state index in [0.717, 1.165) is 22.2 Å². The SMILES string of the molecule is CCOC(=O)Cn1nnnc1[C@@H](CC)N(Cc1ccco1)Cc1cc2ccc(C)cc2[nH]c1=O. The van der Waals surface area contributed by atoms with Crippen molar-refractivity contribution in [2.24, 2.45) is 0 Å². The van der Waals surface area contributed by atoms with Gasteiger partial charge in [-0.1, -0.05) is 19.1 Å². The number of hydrogen-bond donors (Lipinski definition) is 1. The first-order valence-corrected chi connectivity index (χ1v) is 11.3. The van der Waals surface area contributed by atoms with E-state index >= 15 is 0 Å². The fraction of sp³-hybridized carbons (Fsp3) is 0.375. The van der Waals surface area contributed by atoms with E-state index in [1.165, 1.54) is 4.68 Å². The highest BCUT2D eigenvalue weighted by Crippen LogP contribution is 2.26. The summed E-state index contributed by atoms with van der Waals surface area (Å²) in [4.78, 5) is 30.1. The van der Waals surface area contributed by atoms with Crippen molar-refractivity contribution in [3.8, 4) is 0 Å². The Labute approximate surface area is 196 Å². The zero-order chi connectivity index (χ0) is 24.1. The van der Waals surface area contributed by atoms with Crippen molar-refractivity contribution >= 4 is 16.9 Å². The predicted molar refractivity (Wildman–Crippen MR) is 125 cm³/mol. The molecule has 0 saturated heterocycles. The van der Waals surface area contributed by atoms with Crippen molar-refractivity contribution in [2.75, 3.05) is 6.61 Å². The lowest BCUT2D eigenvalue weighted by Crippen LogP contribution is -2.32. The van der Waals surface area contributed by atoms with Crippen LogP contribution in [0.25, 0.3) is 10.9 Å². The van der Waals surface area contributed by atoms with Gasteiger partial charge in [0.15, 0.2) is 5.82 Å². The average molecular weight is 465 g/mol. The van der Waals surface area contributed by atoms with Gasteiger partial charge in [-0.15, -0.1) is 5.10 Å². The van der Waals surface area contributed by atoms with E-state index in [1.807, 2.05) is 50.2 Å². The van der Waals surface area contributed by atoms with E-state index in [-0.39, 0.29) is 24.8 Å². The Bertz CT molecular complexity index is 1310. The molecule has 0 amide bonds. The highest BCUT2D eigenvalue weighted by atomic mass is 16.5. The second-order valence-corrected chi connectivity index (χ2v) is 8.12. The second-order valence-electron chi connectivity index (χ2n) is 8.12. The van der Waals surface area contributed by atoms with E-state index in [4.69, 9.17) is 9.15 Å². The molecule has 0 bridgehead atoms. The predicted octanol–water partition coefficient (Wildman–Crippen LogP) is 3.13. The Morgan fingerprint density at radius 3 is 2.82 bits per heavy atom. The molecule has 0 radical (unpaired) electrons. The van der Waals surface area contributed by atoms with Crippen molar-refractivity contribution < 1.29 is 13.9 Å². The van der Waals surface area contributed by atoms with Crippen molar-refractivity contribution in [2.45, 2.75) is 52.9 Å². The second kappa shape index (κ2) is 10.4. The van der Waals surface area contributed by atoms with Crippen LogP contribution in [-0.2, 0) is 29.2 Å². The summed E-state index contributed by atoms with van der Waals surface area (Å²) in [6, 6.07) is 11.3. The Morgan fingerprint density at radius 2 is 2.09 bits per heavy atom. The van der Waals surface area contributed by atoms with Crippen LogP contribution in [0.5, 0.6) is 0 Å². The molecule has 4 aromatic rings. The van der Waals surface area contributed by atoms with Gasteiger partial charge in [0.1, 0.15) is 12.3 Å². The lowest BCUT2D eigenvalue weighted by molar-refractivity contribution is -0.144. The van der Waals surface area contributed by atoms with Gasteiger partial charge in [-0.3, -0.25) is 14.5 Å². The molecule has 0 spiro atoms. The van der Waals surface area contributed by atoms with Crippen LogP contribution in [0.2, 0.25) is 0 Å². The van der Waals surface area contributed by atoms with Crippen molar-refractivity contribution in [3.05, 3.63) is 75.7 Å². The maximum atomic E-state index is 13.0. The van der Waals surface area contributed by atoms with E-state index < -0.39 is 5.97 Å². The molecule has 0 unspecified atom stereocenters. The molecule has 1 atom stereocenters. The van der Waals surface area contributed by atoms with E-state index in [1.54, 1.807) is 13.2 Å². The van der Waals surface area contributed by atoms with Gasteiger partial charge in [0, 0.05) is 17.6 Å². The fourth-order valence-electron chi connectivity index (χ4n) is 4.07. The molecule has 0 saturated carbocycles. The first kappa shape index (κ1) is 23.4. The lowest BCUT2D eigenvalue weighted by Gasteiger charge is -2.29. The standard InChI is InChI=1S/C24H28N6O4/c1-4-21(23-26-27-28-30(23)15-22(31)33-5-2)29(14-19-7-6-10-34-19)13-18-12-17-9-8-16(3)11-20(17)25-24(18)32/h6-12,21H,4-5,13-15H2,1-3H3,(H,25,32)/t21-/m1/s1. The number of carbonyl (C=O) groups excluding carboxylic acids is 1. The maximum Gasteiger partial charge on any atom is 0.327 e. The molecule has 0 aliphatic rings. The molecular weight excluding hydrogens is 436 g/mol. The highest BCUT2D eigenvalue weighted by Gasteiger charge is 2.27. The molecule has 10 nitrogen and oxygen atoms in total. The molecule has 178 valence electrons. The third-order valence-electron chi connectivity index (χ3n) is 5.66. The minimum absolute atomic E-state index is 0.0861. The van der Waals surface area contributed by atoms with Crippen LogP contribution in [0.15, 0.2) is 51.9 Å². The molecular formula is C24H28N6O4. The van der Waals surface area contributed by atoms with Crippen molar-refractivity contribution in [1.29, 1.82) is 0 Å².